The fourth-order valence-corrected chi connectivity index (χ4v) is 3.30. The Bertz CT molecular complexity index is 373. The molecule has 0 bridgehead atoms. The molecule has 1 aromatic carbocycles. The lowest BCUT2D eigenvalue weighted by molar-refractivity contribution is 0.176. The van der Waals surface area contributed by atoms with Crippen LogP contribution in [0.4, 0.5) is 0 Å². The third-order valence-electron chi connectivity index (χ3n) is 4.21. The number of halogens is 1. The second kappa shape index (κ2) is 6.55. The van der Waals surface area contributed by atoms with E-state index in [1.165, 1.54) is 31.5 Å². The van der Waals surface area contributed by atoms with Crippen molar-refractivity contribution in [1.82, 2.24) is 4.90 Å². The highest BCUT2D eigenvalue weighted by Crippen LogP contribution is 2.35. The van der Waals surface area contributed by atoms with Crippen LogP contribution in [0.1, 0.15) is 31.2 Å². The Balaban J connectivity index is 2.08. The molecule has 1 aromatic rings. The normalized spacial score (nSPS) is 19.9. The van der Waals surface area contributed by atoms with Crippen molar-refractivity contribution in [3.8, 4) is 0 Å². The van der Waals surface area contributed by atoms with Crippen molar-refractivity contribution in [3.05, 3.63) is 34.9 Å². The summed E-state index contributed by atoms with van der Waals surface area (Å²) in [6.07, 6.45) is 2.47. The lowest BCUT2D eigenvalue weighted by atomic mass is 9.80. The van der Waals surface area contributed by atoms with E-state index in [4.69, 9.17) is 17.3 Å². The number of benzene rings is 1. The van der Waals surface area contributed by atoms with Gasteiger partial charge in [-0.3, -0.25) is 0 Å². The van der Waals surface area contributed by atoms with Gasteiger partial charge in [0.05, 0.1) is 0 Å². The third-order valence-corrected chi connectivity index (χ3v) is 4.55. The van der Waals surface area contributed by atoms with Gasteiger partial charge < -0.3 is 10.6 Å². The van der Waals surface area contributed by atoms with Crippen molar-refractivity contribution >= 4 is 11.6 Å². The Hall–Kier alpha value is -0.570. The molecule has 2 nitrogen and oxygen atoms in total. The molecule has 3 heteroatoms. The second-order valence-corrected chi connectivity index (χ2v) is 5.54. The highest BCUT2D eigenvalue weighted by molar-refractivity contribution is 6.31. The van der Waals surface area contributed by atoms with Crippen LogP contribution in [0.15, 0.2) is 24.3 Å². The highest BCUT2D eigenvalue weighted by Gasteiger charge is 2.27. The Morgan fingerprint density at radius 2 is 2.00 bits per heavy atom. The van der Waals surface area contributed by atoms with E-state index in [1.807, 2.05) is 12.1 Å². The Morgan fingerprint density at radius 1 is 1.33 bits per heavy atom. The van der Waals surface area contributed by atoms with Crippen molar-refractivity contribution in [2.75, 3.05) is 26.2 Å². The van der Waals surface area contributed by atoms with Crippen LogP contribution >= 0.6 is 11.6 Å². The summed E-state index contributed by atoms with van der Waals surface area (Å²) in [5.74, 6) is 1.09. The van der Waals surface area contributed by atoms with Gasteiger partial charge in [-0.05, 0) is 56.6 Å². The van der Waals surface area contributed by atoms with Crippen molar-refractivity contribution in [3.63, 3.8) is 0 Å². The van der Waals surface area contributed by atoms with Gasteiger partial charge in [-0.15, -0.1) is 0 Å². The van der Waals surface area contributed by atoms with Crippen LogP contribution in [-0.4, -0.2) is 31.1 Å². The molecule has 0 saturated carbocycles. The molecule has 2 N–H and O–H groups in total. The van der Waals surface area contributed by atoms with Crippen molar-refractivity contribution in [1.29, 1.82) is 0 Å². The van der Waals surface area contributed by atoms with Gasteiger partial charge in [-0.1, -0.05) is 36.7 Å². The van der Waals surface area contributed by atoms with Gasteiger partial charge in [0.1, 0.15) is 0 Å². The second-order valence-electron chi connectivity index (χ2n) is 5.14. The fraction of sp³-hybridized carbons (Fsp3) is 0.600. The summed E-state index contributed by atoms with van der Waals surface area (Å²) in [4.78, 5) is 2.51. The minimum Gasteiger partial charge on any atom is -0.330 e. The molecule has 0 amide bonds. The van der Waals surface area contributed by atoms with Gasteiger partial charge in [-0.25, -0.2) is 0 Å². The van der Waals surface area contributed by atoms with E-state index in [0.717, 1.165) is 11.6 Å². The van der Waals surface area contributed by atoms with E-state index in [1.54, 1.807) is 0 Å². The van der Waals surface area contributed by atoms with E-state index >= 15 is 0 Å². The van der Waals surface area contributed by atoms with E-state index < -0.39 is 0 Å². The molecule has 1 saturated heterocycles. The monoisotopic (exact) mass is 266 g/mol. The Labute approximate surface area is 115 Å². The average Bonchev–Trinajstić information content (AvgIpc) is 2.42. The summed E-state index contributed by atoms with van der Waals surface area (Å²) in [5, 5.41) is 0.867. The van der Waals surface area contributed by atoms with E-state index in [9.17, 15) is 0 Å². The van der Waals surface area contributed by atoms with E-state index in [-0.39, 0.29) is 0 Å². The van der Waals surface area contributed by atoms with Crippen LogP contribution in [0, 0.1) is 5.92 Å². The average molecular weight is 267 g/mol. The Kier molecular flexibility index (Phi) is 5.04. The molecule has 1 heterocycles. The van der Waals surface area contributed by atoms with Gasteiger partial charge in [0.2, 0.25) is 0 Å². The zero-order chi connectivity index (χ0) is 13.0. The van der Waals surface area contributed by atoms with Gasteiger partial charge in [-0.2, -0.15) is 0 Å². The van der Waals surface area contributed by atoms with Crippen LogP contribution in [0.5, 0.6) is 0 Å². The number of likely N-dealkylation sites (tertiary alicyclic amines) is 1. The SMILES string of the molecule is CCN1CCC(C(CN)c2ccccc2Cl)CC1. The first-order chi connectivity index (χ1) is 8.76. The lowest BCUT2D eigenvalue weighted by Crippen LogP contribution is -2.37. The quantitative estimate of drug-likeness (QED) is 0.907. The van der Waals surface area contributed by atoms with Gasteiger partial charge >= 0.3 is 0 Å². The molecule has 18 heavy (non-hydrogen) atoms. The maximum Gasteiger partial charge on any atom is 0.0441 e. The van der Waals surface area contributed by atoms with Crippen molar-refractivity contribution < 1.29 is 0 Å². The molecule has 0 aliphatic carbocycles. The largest absolute Gasteiger partial charge is 0.330 e. The van der Waals surface area contributed by atoms with Crippen LogP contribution < -0.4 is 5.73 Å². The Morgan fingerprint density at radius 3 is 2.56 bits per heavy atom. The predicted octanol–water partition coefficient (Wildman–Crippen LogP) is 3.11. The summed E-state index contributed by atoms with van der Waals surface area (Å²) < 4.78 is 0. The summed E-state index contributed by atoms with van der Waals surface area (Å²) in [5.41, 5.74) is 7.23. The molecule has 0 radical (unpaired) electrons. The molecule has 1 unspecified atom stereocenters. The highest BCUT2D eigenvalue weighted by atomic mass is 35.5. The molecule has 1 fully saturated rings. The first-order valence-electron chi connectivity index (χ1n) is 6.93. The summed E-state index contributed by atoms with van der Waals surface area (Å²) in [6, 6.07) is 8.15. The van der Waals surface area contributed by atoms with E-state index in [2.05, 4.69) is 24.0 Å². The number of nitrogens with zero attached hydrogens (tertiary/aromatic N) is 1. The first-order valence-corrected chi connectivity index (χ1v) is 7.31. The zero-order valence-electron chi connectivity index (χ0n) is 11.1. The smallest absolute Gasteiger partial charge is 0.0441 e. The van der Waals surface area contributed by atoms with Crippen LogP contribution in [0.25, 0.3) is 0 Å². The molecule has 100 valence electrons. The molecular formula is C15H23ClN2. The summed E-state index contributed by atoms with van der Waals surface area (Å²) >= 11 is 6.31. The molecule has 0 aromatic heterocycles. The van der Waals surface area contributed by atoms with Crippen molar-refractivity contribution in [2.45, 2.75) is 25.7 Å². The topological polar surface area (TPSA) is 29.3 Å². The maximum atomic E-state index is 6.31. The molecule has 1 aliphatic rings. The predicted molar refractivity (Wildman–Crippen MR) is 78.1 cm³/mol. The van der Waals surface area contributed by atoms with Crippen LogP contribution in [0.3, 0.4) is 0 Å². The number of nitrogens with two attached hydrogens (primary N) is 1. The fourth-order valence-electron chi connectivity index (χ4n) is 3.02. The number of rotatable bonds is 4. The maximum absolute atomic E-state index is 6.31. The van der Waals surface area contributed by atoms with Gasteiger partial charge in [0.15, 0.2) is 0 Å². The minimum absolute atomic E-state index is 0.415. The van der Waals surface area contributed by atoms with Gasteiger partial charge in [0.25, 0.3) is 0 Å². The molecular weight excluding hydrogens is 244 g/mol. The van der Waals surface area contributed by atoms with Crippen LogP contribution in [0.2, 0.25) is 5.02 Å². The lowest BCUT2D eigenvalue weighted by Gasteiger charge is -2.35. The van der Waals surface area contributed by atoms with Crippen molar-refractivity contribution in [2.24, 2.45) is 11.7 Å². The number of hydrogen-bond donors (Lipinski definition) is 1. The number of hydrogen-bond acceptors (Lipinski definition) is 2. The first kappa shape index (κ1) is 13.9. The van der Waals surface area contributed by atoms with E-state index in [0.29, 0.717) is 18.4 Å². The number of piperidine rings is 1. The molecule has 1 aliphatic heterocycles. The summed E-state index contributed by atoms with van der Waals surface area (Å²) in [7, 11) is 0. The minimum atomic E-state index is 0.415. The third kappa shape index (κ3) is 3.05. The molecule has 0 spiro atoms. The zero-order valence-corrected chi connectivity index (χ0v) is 11.9. The standard InChI is InChI=1S/C15H23ClN2/c1-2-18-9-7-12(8-10-18)14(11-17)13-5-3-4-6-15(13)16/h3-6,12,14H,2,7-11,17H2,1H3. The van der Waals surface area contributed by atoms with Gasteiger partial charge in [0, 0.05) is 10.9 Å². The molecule has 2 rings (SSSR count). The van der Waals surface area contributed by atoms with Crippen LogP contribution in [-0.2, 0) is 0 Å². The molecule has 1 atom stereocenters. The summed E-state index contributed by atoms with van der Waals surface area (Å²) in [6.45, 7) is 6.48.